The second kappa shape index (κ2) is 6.39. The van der Waals surface area contributed by atoms with Gasteiger partial charge in [0.15, 0.2) is 17.9 Å². The molecule has 5 heteroatoms. The number of ether oxygens (including phenoxy) is 2. The van der Waals surface area contributed by atoms with Gasteiger partial charge in [0.25, 0.3) is 0 Å². The Balaban J connectivity index is 2.23. The summed E-state index contributed by atoms with van der Waals surface area (Å²) in [6.45, 7) is -0.0480. The minimum absolute atomic E-state index is 0.0480. The summed E-state index contributed by atoms with van der Waals surface area (Å²) in [6.07, 6.45) is 0.642. The molecule has 20 heavy (non-hydrogen) atoms. The molecule has 0 bridgehead atoms. The maximum Gasteiger partial charge on any atom is 0.171 e. The molecule has 0 saturated carbocycles. The normalized spacial score (nSPS) is 10.2. The number of rotatable bonds is 5. The van der Waals surface area contributed by atoms with Crippen LogP contribution in [0.25, 0.3) is 0 Å². The van der Waals surface area contributed by atoms with Crippen molar-refractivity contribution in [2.45, 2.75) is 6.61 Å². The van der Waals surface area contributed by atoms with Crippen molar-refractivity contribution >= 4 is 17.9 Å². The summed E-state index contributed by atoms with van der Waals surface area (Å²) < 4.78 is 24.3. The molecule has 0 aromatic heterocycles. The monoisotopic (exact) mass is 294 g/mol. The van der Waals surface area contributed by atoms with E-state index in [2.05, 4.69) is 0 Å². The molecule has 0 aliphatic rings. The van der Waals surface area contributed by atoms with Gasteiger partial charge >= 0.3 is 0 Å². The minimum Gasteiger partial charge on any atom is -0.494 e. The fourth-order valence-electron chi connectivity index (χ4n) is 1.75. The topological polar surface area (TPSA) is 35.5 Å². The molecule has 0 saturated heterocycles. The molecule has 0 N–H and O–H groups in total. The van der Waals surface area contributed by atoms with E-state index in [1.165, 1.54) is 13.2 Å². The molecule has 2 rings (SSSR count). The lowest BCUT2D eigenvalue weighted by molar-refractivity contribution is 0.111. The van der Waals surface area contributed by atoms with Crippen LogP contribution in [0.4, 0.5) is 4.39 Å². The lowest BCUT2D eigenvalue weighted by Gasteiger charge is -2.11. The third kappa shape index (κ3) is 2.91. The standard InChI is InChI=1S/C15H12ClFO3/c1-19-13-7-3-5-11(14(13)17)9-20-15-10(8-18)4-2-6-12(15)16/h2-8H,9H2,1H3. The molecule has 0 aliphatic heterocycles. The van der Waals surface area contributed by atoms with Crippen molar-refractivity contribution < 1.29 is 18.7 Å². The molecule has 0 radical (unpaired) electrons. The fraction of sp³-hybridized carbons (Fsp3) is 0.133. The van der Waals surface area contributed by atoms with Crippen molar-refractivity contribution in [2.24, 2.45) is 0 Å². The molecule has 2 aromatic carbocycles. The summed E-state index contributed by atoms with van der Waals surface area (Å²) in [7, 11) is 1.39. The van der Waals surface area contributed by atoms with E-state index in [1.807, 2.05) is 0 Å². The number of para-hydroxylation sites is 1. The molecule has 2 aromatic rings. The molecule has 0 spiro atoms. The second-order valence-corrected chi connectivity index (χ2v) is 4.41. The van der Waals surface area contributed by atoms with Gasteiger partial charge in [-0.25, -0.2) is 4.39 Å². The van der Waals surface area contributed by atoms with E-state index in [1.54, 1.807) is 30.3 Å². The van der Waals surface area contributed by atoms with Crippen LogP contribution in [-0.4, -0.2) is 13.4 Å². The van der Waals surface area contributed by atoms with Crippen LogP contribution in [0.2, 0.25) is 5.02 Å². The first-order chi connectivity index (χ1) is 9.67. The number of hydrogen-bond acceptors (Lipinski definition) is 3. The van der Waals surface area contributed by atoms with Crippen molar-refractivity contribution in [3.05, 3.63) is 58.4 Å². The number of carbonyl (C=O) groups is 1. The molecule has 0 aliphatic carbocycles. The zero-order chi connectivity index (χ0) is 14.5. The number of benzene rings is 2. The van der Waals surface area contributed by atoms with E-state index in [9.17, 15) is 9.18 Å². The minimum atomic E-state index is -0.491. The van der Waals surface area contributed by atoms with Gasteiger partial charge < -0.3 is 9.47 Å². The van der Waals surface area contributed by atoms with Gasteiger partial charge in [-0.1, -0.05) is 29.8 Å². The largest absolute Gasteiger partial charge is 0.494 e. The van der Waals surface area contributed by atoms with Crippen molar-refractivity contribution in [1.82, 2.24) is 0 Å². The first-order valence-corrected chi connectivity index (χ1v) is 6.23. The van der Waals surface area contributed by atoms with Gasteiger partial charge in [0.2, 0.25) is 0 Å². The Kier molecular flexibility index (Phi) is 4.58. The number of carbonyl (C=O) groups excluding carboxylic acids is 1. The van der Waals surface area contributed by atoms with E-state index in [0.29, 0.717) is 22.4 Å². The predicted molar refractivity (Wildman–Crippen MR) is 74.1 cm³/mol. The van der Waals surface area contributed by atoms with Gasteiger partial charge in [0, 0.05) is 5.56 Å². The Morgan fingerprint density at radius 2 is 2.00 bits per heavy atom. The summed E-state index contributed by atoms with van der Waals surface area (Å²) in [5.74, 6) is -0.109. The zero-order valence-corrected chi connectivity index (χ0v) is 11.5. The predicted octanol–water partition coefficient (Wildman–Crippen LogP) is 3.88. The summed E-state index contributed by atoms with van der Waals surface area (Å²) in [6, 6.07) is 9.58. The summed E-state index contributed by atoms with van der Waals surface area (Å²) in [4.78, 5) is 10.9. The van der Waals surface area contributed by atoms with E-state index in [-0.39, 0.29) is 18.1 Å². The zero-order valence-electron chi connectivity index (χ0n) is 10.7. The SMILES string of the molecule is COc1cccc(COc2c(Cl)cccc2C=O)c1F. The third-order valence-corrected chi connectivity index (χ3v) is 3.06. The molecule has 0 fully saturated rings. The van der Waals surface area contributed by atoms with E-state index in [0.717, 1.165) is 0 Å². The Morgan fingerprint density at radius 3 is 2.70 bits per heavy atom. The molecular weight excluding hydrogens is 283 g/mol. The Morgan fingerprint density at radius 1 is 1.25 bits per heavy atom. The van der Waals surface area contributed by atoms with Crippen LogP contribution in [0.5, 0.6) is 11.5 Å². The fourth-order valence-corrected chi connectivity index (χ4v) is 1.98. The lowest BCUT2D eigenvalue weighted by atomic mass is 10.2. The Hall–Kier alpha value is -2.07. The molecule has 3 nitrogen and oxygen atoms in total. The highest BCUT2D eigenvalue weighted by Crippen LogP contribution is 2.29. The molecule has 0 amide bonds. The van der Waals surface area contributed by atoms with Crippen LogP contribution in [0.3, 0.4) is 0 Å². The Bertz CT molecular complexity index is 629. The van der Waals surface area contributed by atoms with E-state index < -0.39 is 5.82 Å². The van der Waals surface area contributed by atoms with Gasteiger partial charge in [-0.2, -0.15) is 0 Å². The summed E-state index contributed by atoms with van der Waals surface area (Å²) >= 11 is 5.97. The van der Waals surface area contributed by atoms with Gasteiger partial charge in [0.1, 0.15) is 12.4 Å². The van der Waals surface area contributed by atoms with Crippen LogP contribution in [-0.2, 0) is 6.61 Å². The molecular formula is C15H12ClFO3. The summed E-state index contributed by atoms with van der Waals surface area (Å²) in [5.41, 5.74) is 0.641. The summed E-state index contributed by atoms with van der Waals surface area (Å²) in [5, 5.41) is 0.304. The second-order valence-electron chi connectivity index (χ2n) is 4.00. The molecule has 0 unspecified atom stereocenters. The highest BCUT2D eigenvalue weighted by Gasteiger charge is 2.12. The quantitative estimate of drug-likeness (QED) is 0.785. The Labute approximate surface area is 120 Å². The van der Waals surface area contributed by atoms with Crippen LogP contribution >= 0.6 is 11.6 Å². The van der Waals surface area contributed by atoms with E-state index in [4.69, 9.17) is 21.1 Å². The first kappa shape index (κ1) is 14.3. The van der Waals surface area contributed by atoms with Crippen molar-refractivity contribution in [2.75, 3.05) is 7.11 Å². The van der Waals surface area contributed by atoms with Gasteiger partial charge in [-0.3, -0.25) is 4.79 Å². The average Bonchev–Trinajstić information content (AvgIpc) is 2.47. The first-order valence-electron chi connectivity index (χ1n) is 5.85. The maximum atomic E-state index is 14.0. The van der Waals surface area contributed by atoms with Crippen molar-refractivity contribution in [3.63, 3.8) is 0 Å². The number of halogens is 2. The van der Waals surface area contributed by atoms with Crippen molar-refractivity contribution in [1.29, 1.82) is 0 Å². The molecule has 104 valence electrons. The van der Waals surface area contributed by atoms with Gasteiger partial charge in [-0.15, -0.1) is 0 Å². The van der Waals surface area contributed by atoms with E-state index >= 15 is 0 Å². The molecule has 0 heterocycles. The van der Waals surface area contributed by atoms with Crippen LogP contribution < -0.4 is 9.47 Å². The van der Waals surface area contributed by atoms with Gasteiger partial charge in [-0.05, 0) is 18.2 Å². The number of methoxy groups -OCH3 is 1. The smallest absolute Gasteiger partial charge is 0.171 e. The maximum absolute atomic E-state index is 14.0. The highest BCUT2D eigenvalue weighted by atomic mass is 35.5. The third-order valence-electron chi connectivity index (χ3n) is 2.76. The highest BCUT2D eigenvalue weighted by molar-refractivity contribution is 6.32. The lowest BCUT2D eigenvalue weighted by Crippen LogP contribution is -2.02. The van der Waals surface area contributed by atoms with Crippen LogP contribution in [0.1, 0.15) is 15.9 Å². The van der Waals surface area contributed by atoms with Gasteiger partial charge in [0.05, 0.1) is 17.7 Å². The number of aldehydes is 1. The average molecular weight is 295 g/mol. The van der Waals surface area contributed by atoms with Crippen molar-refractivity contribution in [3.8, 4) is 11.5 Å². The number of hydrogen-bond donors (Lipinski definition) is 0. The van der Waals surface area contributed by atoms with Crippen LogP contribution in [0, 0.1) is 5.82 Å². The van der Waals surface area contributed by atoms with Crippen LogP contribution in [0.15, 0.2) is 36.4 Å². The molecule has 0 atom stereocenters.